The second-order valence-electron chi connectivity index (χ2n) is 5.09. The summed E-state index contributed by atoms with van der Waals surface area (Å²) in [6, 6.07) is 4.15. The number of aromatic hydroxyl groups is 2. The smallest absolute Gasteiger partial charge is 0.254 e. The molecule has 5 nitrogen and oxygen atoms in total. The van der Waals surface area contributed by atoms with Crippen molar-refractivity contribution >= 4 is 5.91 Å². The molecule has 0 radical (unpaired) electrons. The average Bonchev–Trinajstić information content (AvgIpc) is 2.47. The molecule has 0 spiro atoms. The molecule has 2 N–H and O–H groups in total. The zero-order valence-electron chi connectivity index (χ0n) is 11.7. The molecule has 5 heteroatoms. The number of likely N-dealkylation sites (tertiary alicyclic amines) is 1. The number of phenols is 2. The molecule has 1 unspecified atom stereocenters. The number of carbonyl (C=O) groups excluding carboxylic acids is 1. The first-order valence-corrected chi connectivity index (χ1v) is 7.04. The Hall–Kier alpha value is -1.75. The molecule has 0 aromatic heterocycles. The van der Waals surface area contributed by atoms with Gasteiger partial charge in [0.25, 0.3) is 5.91 Å². The van der Waals surface area contributed by atoms with Crippen LogP contribution in [-0.2, 0) is 4.74 Å². The average molecular weight is 279 g/mol. The topological polar surface area (TPSA) is 70.0 Å². The second kappa shape index (κ2) is 6.61. The Morgan fingerprint density at radius 1 is 1.40 bits per heavy atom. The van der Waals surface area contributed by atoms with E-state index in [-0.39, 0.29) is 23.5 Å². The van der Waals surface area contributed by atoms with Crippen molar-refractivity contribution in [3.8, 4) is 11.5 Å². The van der Waals surface area contributed by atoms with Crippen molar-refractivity contribution in [2.45, 2.75) is 32.3 Å². The lowest BCUT2D eigenvalue weighted by atomic mass is 10.1. The van der Waals surface area contributed by atoms with Crippen LogP contribution in [0.4, 0.5) is 0 Å². The van der Waals surface area contributed by atoms with E-state index >= 15 is 0 Å². The molecule has 0 aliphatic carbocycles. The molecular weight excluding hydrogens is 258 g/mol. The lowest BCUT2D eigenvalue weighted by Gasteiger charge is -2.32. The van der Waals surface area contributed by atoms with Crippen molar-refractivity contribution in [1.29, 1.82) is 0 Å². The van der Waals surface area contributed by atoms with Crippen molar-refractivity contribution < 1.29 is 19.7 Å². The molecule has 110 valence electrons. The van der Waals surface area contributed by atoms with Crippen LogP contribution in [0.5, 0.6) is 11.5 Å². The van der Waals surface area contributed by atoms with Crippen LogP contribution in [0.2, 0.25) is 0 Å². The number of phenolic OH excluding ortho intramolecular Hbond substituents is 2. The Morgan fingerprint density at radius 3 is 2.90 bits per heavy atom. The van der Waals surface area contributed by atoms with Gasteiger partial charge < -0.3 is 19.8 Å². The van der Waals surface area contributed by atoms with Gasteiger partial charge in [-0.05, 0) is 37.5 Å². The van der Waals surface area contributed by atoms with E-state index in [1.165, 1.54) is 18.2 Å². The summed E-state index contributed by atoms with van der Waals surface area (Å²) >= 11 is 0. The molecule has 1 amide bonds. The van der Waals surface area contributed by atoms with Crippen molar-refractivity contribution in [1.82, 2.24) is 4.90 Å². The van der Waals surface area contributed by atoms with E-state index in [0.29, 0.717) is 25.3 Å². The van der Waals surface area contributed by atoms with Gasteiger partial charge in [0.05, 0.1) is 6.10 Å². The molecule has 1 aromatic carbocycles. The zero-order chi connectivity index (χ0) is 14.5. The maximum Gasteiger partial charge on any atom is 0.254 e. The summed E-state index contributed by atoms with van der Waals surface area (Å²) in [7, 11) is 0. The monoisotopic (exact) mass is 279 g/mol. The molecule has 1 aromatic rings. The molecule has 1 atom stereocenters. The molecule has 1 heterocycles. The highest BCUT2D eigenvalue weighted by Gasteiger charge is 2.25. The number of amides is 1. The maximum absolute atomic E-state index is 12.4. The number of nitrogens with zero attached hydrogens (tertiary/aromatic N) is 1. The van der Waals surface area contributed by atoms with Crippen LogP contribution < -0.4 is 0 Å². The number of rotatable bonds is 4. The van der Waals surface area contributed by atoms with Gasteiger partial charge in [-0.1, -0.05) is 6.92 Å². The van der Waals surface area contributed by atoms with Crippen LogP contribution in [0.15, 0.2) is 18.2 Å². The summed E-state index contributed by atoms with van der Waals surface area (Å²) in [6.07, 6.45) is 2.96. The highest BCUT2D eigenvalue weighted by Crippen LogP contribution is 2.26. The lowest BCUT2D eigenvalue weighted by Crippen LogP contribution is -2.43. The van der Waals surface area contributed by atoms with Crippen LogP contribution in [0.1, 0.15) is 36.5 Å². The fourth-order valence-corrected chi connectivity index (χ4v) is 2.38. The third-order valence-electron chi connectivity index (χ3n) is 3.45. The van der Waals surface area contributed by atoms with Gasteiger partial charge >= 0.3 is 0 Å². The Balaban J connectivity index is 2.02. The summed E-state index contributed by atoms with van der Waals surface area (Å²) in [5.74, 6) is -0.624. The first-order valence-electron chi connectivity index (χ1n) is 7.04. The molecule has 2 rings (SSSR count). The second-order valence-corrected chi connectivity index (χ2v) is 5.09. The number of hydrogen-bond acceptors (Lipinski definition) is 4. The SMILES string of the molecule is CCCOC1CCCN(C(=O)c2ccc(O)c(O)c2)C1. The Morgan fingerprint density at radius 2 is 2.20 bits per heavy atom. The summed E-state index contributed by atoms with van der Waals surface area (Å²) in [6.45, 7) is 4.06. The number of piperidine rings is 1. The molecule has 1 fully saturated rings. The molecule has 1 aliphatic heterocycles. The molecular formula is C15H21NO4. The van der Waals surface area contributed by atoms with Gasteiger partial charge in [-0.25, -0.2) is 0 Å². The normalized spacial score (nSPS) is 19.1. The summed E-state index contributed by atoms with van der Waals surface area (Å²) in [5.41, 5.74) is 0.386. The van der Waals surface area contributed by atoms with E-state index in [1.807, 2.05) is 0 Å². The minimum Gasteiger partial charge on any atom is -0.504 e. The van der Waals surface area contributed by atoms with Crippen LogP contribution in [-0.4, -0.2) is 46.8 Å². The third kappa shape index (κ3) is 3.42. The quantitative estimate of drug-likeness (QED) is 0.828. The van der Waals surface area contributed by atoms with E-state index in [4.69, 9.17) is 4.74 Å². The highest BCUT2D eigenvalue weighted by atomic mass is 16.5. The largest absolute Gasteiger partial charge is 0.504 e. The maximum atomic E-state index is 12.4. The van der Waals surface area contributed by atoms with Crippen molar-refractivity contribution in [2.24, 2.45) is 0 Å². The van der Waals surface area contributed by atoms with Crippen molar-refractivity contribution in [3.63, 3.8) is 0 Å². The number of ether oxygens (including phenoxy) is 1. The summed E-state index contributed by atoms with van der Waals surface area (Å²) < 4.78 is 5.71. The Labute approximate surface area is 118 Å². The van der Waals surface area contributed by atoms with Gasteiger partial charge in [0.2, 0.25) is 0 Å². The lowest BCUT2D eigenvalue weighted by molar-refractivity contribution is 0.00210. The first-order chi connectivity index (χ1) is 9.61. The predicted octanol–water partition coefficient (Wildman–Crippen LogP) is 2.13. The van der Waals surface area contributed by atoms with E-state index in [9.17, 15) is 15.0 Å². The molecule has 20 heavy (non-hydrogen) atoms. The summed E-state index contributed by atoms with van der Waals surface area (Å²) in [5, 5.41) is 18.8. The highest BCUT2D eigenvalue weighted by molar-refractivity contribution is 5.95. The van der Waals surface area contributed by atoms with Crippen LogP contribution in [0.25, 0.3) is 0 Å². The van der Waals surface area contributed by atoms with Gasteiger partial charge in [0, 0.05) is 25.3 Å². The van der Waals surface area contributed by atoms with Crippen LogP contribution in [0.3, 0.4) is 0 Å². The van der Waals surface area contributed by atoms with Gasteiger partial charge in [0.15, 0.2) is 11.5 Å². The predicted molar refractivity (Wildman–Crippen MR) is 74.9 cm³/mol. The summed E-state index contributed by atoms with van der Waals surface area (Å²) in [4.78, 5) is 14.1. The van der Waals surface area contributed by atoms with Gasteiger partial charge in [0.1, 0.15) is 0 Å². The number of benzene rings is 1. The van der Waals surface area contributed by atoms with Crippen LogP contribution in [0, 0.1) is 0 Å². The molecule has 1 saturated heterocycles. The Kier molecular flexibility index (Phi) is 4.84. The molecule has 1 aliphatic rings. The zero-order valence-corrected chi connectivity index (χ0v) is 11.7. The van der Waals surface area contributed by atoms with E-state index in [2.05, 4.69) is 6.92 Å². The van der Waals surface area contributed by atoms with Crippen molar-refractivity contribution in [3.05, 3.63) is 23.8 Å². The van der Waals surface area contributed by atoms with E-state index in [0.717, 1.165) is 19.3 Å². The minimum absolute atomic E-state index is 0.0957. The van der Waals surface area contributed by atoms with Crippen LogP contribution >= 0.6 is 0 Å². The van der Waals surface area contributed by atoms with E-state index < -0.39 is 0 Å². The number of hydrogen-bond donors (Lipinski definition) is 2. The van der Waals surface area contributed by atoms with Gasteiger partial charge in [-0.2, -0.15) is 0 Å². The standard InChI is InChI=1S/C15H21NO4/c1-2-8-20-12-4-3-7-16(10-12)15(19)11-5-6-13(17)14(18)9-11/h5-6,9,12,17-18H,2-4,7-8,10H2,1H3. The third-order valence-corrected chi connectivity index (χ3v) is 3.45. The minimum atomic E-state index is -0.272. The molecule has 0 bridgehead atoms. The first kappa shape index (κ1) is 14.7. The van der Waals surface area contributed by atoms with Gasteiger partial charge in [-0.15, -0.1) is 0 Å². The fourth-order valence-electron chi connectivity index (χ4n) is 2.38. The molecule has 0 saturated carbocycles. The number of carbonyl (C=O) groups is 1. The van der Waals surface area contributed by atoms with E-state index in [1.54, 1.807) is 4.90 Å². The Bertz CT molecular complexity index is 475. The fraction of sp³-hybridized carbons (Fsp3) is 0.533. The van der Waals surface area contributed by atoms with Crippen molar-refractivity contribution in [2.75, 3.05) is 19.7 Å². The van der Waals surface area contributed by atoms with Gasteiger partial charge in [-0.3, -0.25) is 4.79 Å².